The lowest BCUT2D eigenvalue weighted by Crippen LogP contribution is -2.14. The fourth-order valence-electron chi connectivity index (χ4n) is 2.52. The minimum atomic E-state index is -0.450. The molecule has 0 aliphatic rings. The number of carbonyl (C=O) groups is 2. The van der Waals surface area contributed by atoms with E-state index >= 15 is 0 Å². The van der Waals surface area contributed by atoms with Crippen molar-refractivity contribution in [3.8, 4) is 0 Å². The molecule has 0 atom stereocenters. The molecule has 0 spiro atoms. The predicted octanol–water partition coefficient (Wildman–Crippen LogP) is 4.21. The summed E-state index contributed by atoms with van der Waals surface area (Å²) < 4.78 is 10.1. The predicted molar refractivity (Wildman–Crippen MR) is 106 cm³/mol. The quantitative estimate of drug-likeness (QED) is 0.648. The van der Waals surface area contributed by atoms with Crippen LogP contribution in [0.3, 0.4) is 0 Å². The highest BCUT2D eigenvalue weighted by atomic mass is 16.5. The summed E-state index contributed by atoms with van der Waals surface area (Å²) in [6, 6.07) is 15.4. The monoisotopic (exact) mass is 370 g/mol. The lowest BCUT2D eigenvalue weighted by Gasteiger charge is -2.08. The first-order valence-corrected chi connectivity index (χ1v) is 8.95. The minimum absolute atomic E-state index is 0.0839. The summed E-state index contributed by atoms with van der Waals surface area (Å²) in [6.45, 7) is 2.53. The summed E-state index contributed by atoms with van der Waals surface area (Å²) in [7, 11) is 1.65. The number of hydrogen-bond donors (Lipinski definition) is 2. The van der Waals surface area contributed by atoms with E-state index in [4.69, 9.17) is 9.47 Å². The highest BCUT2D eigenvalue weighted by molar-refractivity contribution is 5.88. The van der Waals surface area contributed by atoms with Crippen LogP contribution in [0.2, 0.25) is 0 Å². The van der Waals surface area contributed by atoms with E-state index in [9.17, 15) is 9.59 Å². The zero-order valence-corrected chi connectivity index (χ0v) is 15.8. The minimum Gasteiger partial charge on any atom is -0.449 e. The molecule has 0 aliphatic carbocycles. The van der Waals surface area contributed by atoms with Crippen LogP contribution in [-0.4, -0.2) is 32.3 Å². The third-order valence-electron chi connectivity index (χ3n) is 3.86. The van der Waals surface area contributed by atoms with Crippen molar-refractivity contribution in [2.75, 3.05) is 31.0 Å². The SMILES string of the molecule is COCCCCOC(=O)Nc1ccc(Cc2ccc(NC(C)=O)cc2)cc1. The number of carbonyl (C=O) groups excluding carboxylic acids is 2. The molecule has 0 saturated heterocycles. The van der Waals surface area contributed by atoms with Crippen molar-refractivity contribution >= 4 is 23.4 Å². The van der Waals surface area contributed by atoms with Gasteiger partial charge in [0.25, 0.3) is 0 Å². The number of anilines is 2. The van der Waals surface area contributed by atoms with Gasteiger partial charge in [0.05, 0.1) is 6.61 Å². The van der Waals surface area contributed by atoms with Crippen LogP contribution >= 0.6 is 0 Å². The smallest absolute Gasteiger partial charge is 0.411 e. The second kappa shape index (κ2) is 11.0. The highest BCUT2D eigenvalue weighted by Crippen LogP contribution is 2.16. The number of unbranched alkanes of at least 4 members (excludes halogenated alkanes) is 1. The van der Waals surface area contributed by atoms with Gasteiger partial charge in [-0.05, 0) is 54.7 Å². The normalized spacial score (nSPS) is 10.3. The van der Waals surface area contributed by atoms with Gasteiger partial charge in [0.1, 0.15) is 0 Å². The van der Waals surface area contributed by atoms with Crippen molar-refractivity contribution < 1.29 is 19.1 Å². The molecule has 2 rings (SSSR count). The van der Waals surface area contributed by atoms with Gasteiger partial charge in [-0.3, -0.25) is 10.1 Å². The van der Waals surface area contributed by atoms with E-state index in [1.807, 2.05) is 48.5 Å². The number of amides is 2. The fourth-order valence-corrected chi connectivity index (χ4v) is 2.52. The zero-order valence-electron chi connectivity index (χ0n) is 15.8. The molecule has 144 valence electrons. The summed E-state index contributed by atoms with van der Waals surface area (Å²) >= 11 is 0. The van der Waals surface area contributed by atoms with Crippen molar-refractivity contribution in [3.63, 3.8) is 0 Å². The summed E-state index contributed by atoms with van der Waals surface area (Å²) in [5, 5.41) is 5.47. The molecule has 27 heavy (non-hydrogen) atoms. The van der Waals surface area contributed by atoms with Crippen LogP contribution in [0.4, 0.5) is 16.2 Å². The Hall–Kier alpha value is -2.86. The Balaban J connectivity index is 1.79. The maximum Gasteiger partial charge on any atom is 0.411 e. The summed E-state index contributed by atoms with van der Waals surface area (Å²) in [4.78, 5) is 22.8. The maximum absolute atomic E-state index is 11.7. The summed E-state index contributed by atoms with van der Waals surface area (Å²) in [6.07, 6.45) is 1.96. The molecule has 2 amide bonds. The van der Waals surface area contributed by atoms with Gasteiger partial charge < -0.3 is 14.8 Å². The Morgan fingerprint density at radius 3 is 1.85 bits per heavy atom. The first kappa shape index (κ1) is 20.5. The zero-order chi connectivity index (χ0) is 19.5. The molecule has 0 radical (unpaired) electrons. The molecular weight excluding hydrogens is 344 g/mol. The Labute approximate surface area is 159 Å². The third kappa shape index (κ3) is 7.92. The largest absolute Gasteiger partial charge is 0.449 e. The molecule has 0 fully saturated rings. The van der Waals surface area contributed by atoms with Crippen LogP contribution in [0.1, 0.15) is 30.9 Å². The summed E-state index contributed by atoms with van der Waals surface area (Å²) in [5.41, 5.74) is 3.74. The fraction of sp³-hybridized carbons (Fsp3) is 0.333. The van der Waals surface area contributed by atoms with E-state index in [2.05, 4.69) is 10.6 Å². The van der Waals surface area contributed by atoms with Crippen LogP contribution in [-0.2, 0) is 20.7 Å². The number of methoxy groups -OCH3 is 1. The van der Waals surface area contributed by atoms with Crippen molar-refractivity contribution in [2.45, 2.75) is 26.2 Å². The Bertz CT molecular complexity index is 727. The van der Waals surface area contributed by atoms with E-state index < -0.39 is 6.09 Å². The molecule has 2 N–H and O–H groups in total. The topological polar surface area (TPSA) is 76.7 Å². The Morgan fingerprint density at radius 1 is 0.815 bits per heavy atom. The molecule has 0 aromatic heterocycles. The van der Waals surface area contributed by atoms with Crippen LogP contribution in [0.25, 0.3) is 0 Å². The van der Waals surface area contributed by atoms with E-state index in [-0.39, 0.29) is 5.91 Å². The summed E-state index contributed by atoms with van der Waals surface area (Å²) in [5.74, 6) is -0.0839. The van der Waals surface area contributed by atoms with Gasteiger partial charge in [-0.1, -0.05) is 24.3 Å². The Kier molecular flexibility index (Phi) is 8.32. The van der Waals surface area contributed by atoms with Gasteiger partial charge in [-0.25, -0.2) is 4.79 Å². The van der Waals surface area contributed by atoms with E-state index in [0.29, 0.717) is 18.9 Å². The van der Waals surface area contributed by atoms with Gasteiger partial charge in [-0.15, -0.1) is 0 Å². The first-order chi connectivity index (χ1) is 13.1. The molecule has 0 aliphatic heterocycles. The van der Waals surface area contributed by atoms with Gasteiger partial charge in [0.2, 0.25) is 5.91 Å². The van der Waals surface area contributed by atoms with Gasteiger partial charge in [0, 0.05) is 32.0 Å². The second-order valence-corrected chi connectivity index (χ2v) is 6.21. The number of nitrogens with one attached hydrogen (secondary N) is 2. The van der Waals surface area contributed by atoms with Crippen molar-refractivity contribution in [1.29, 1.82) is 0 Å². The van der Waals surface area contributed by atoms with E-state index in [1.54, 1.807) is 7.11 Å². The molecule has 0 heterocycles. The van der Waals surface area contributed by atoms with Crippen molar-refractivity contribution in [1.82, 2.24) is 0 Å². The van der Waals surface area contributed by atoms with Crippen LogP contribution in [0.5, 0.6) is 0 Å². The molecule has 2 aromatic rings. The number of ether oxygens (including phenoxy) is 2. The number of benzene rings is 2. The van der Waals surface area contributed by atoms with Crippen molar-refractivity contribution in [3.05, 3.63) is 59.7 Å². The number of hydrogen-bond acceptors (Lipinski definition) is 4. The number of rotatable bonds is 9. The molecule has 2 aromatic carbocycles. The lowest BCUT2D eigenvalue weighted by molar-refractivity contribution is -0.114. The first-order valence-electron chi connectivity index (χ1n) is 8.95. The van der Waals surface area contributed by atoms with Crippen LogP contribution in [0.15, 0.2) is 48.5 Å². The third-order valence-corrected chi connectivity index (χ3v) is 3.86. The lowest BCUT2D eigenvalue weighted by atomic mass is 10.0. The average molecular weight is 370 g/mol. The molecule has 0 saturated carbocycles. The Morgan fingerprint density at radius 2 is 1.33 bits per heavy atom. The molecule has 0 unspecified atom stereocenters. The maximum atomic E-state index is 11.7. The van der Waals surface area contributed by atoms with Gasteiger partial charge >= 0.3 is 6.09 Å². The van der Waals surface area contributed by atoms with E-state index in [0.717, 1.165) is 36.1 Å². The molecular formula is C21H26N2O4. The van der Waals surface area contributed by atoms with Crippen molar-refractivity contribution in [2.24, 2.45) is 0 Å². The van der Waals surface area contributed by atoms with Crippen LogP contribution in [0, 0.1) is 0 Å². The van der Waals surface area contributed by atoms with Gasteiger partial charge in [0.15, 0.2) is 0 Å². The second-order valence-electron chi connectivity index (χ2n) is 6.21. The molecule has 6 nitrogen and oxygen atoms in total. The highest BCUT2D eigenvalue weighted by Gasteiger charge is 2.04. The average Bonchev–Trinajstić information content (AvgIpc) is 2.64. The van der Waals surface area contributed by atoms with E-state index in [1.165, 1.54) is 6.92 Å². The molecule has 0 bridgehead atoms. The van der Waals surface area contributed by atoms with Crippen LogP contribution < -0.4 is 10.6 Å². The molecule has 6 heteroatoms. The standard InChI is InChI=1S/C21H26N2O4/c1-16(24)22-19-9-5-17(6-10-19)15-18-7-11-20(12-8-18)23-21(25)27-14-4-3-13-26-2/h5-12H,3-4,13-15H2,1-2H3,(H,22,24)(H,23,25). The van der Waals surface area contributed by atoms with Gasteiger partial charge in [-0.2, -0.15) is 0 Å².